The molecule has 8 heteroatoms. The zero-order valence-corrected chi connectivity index (χ0v) is 11.7. The van der Waals surface area contributed by atoms with Crippen molar-refractivity contribution in [3.8, 4) is 5.75 Å². The average molecular weight is 305 g/mol. The first-order valence-corrected chi connectivity index (χ1v) is 8.15. The molecule has 1 aromatic carbocycles. The summed E-state index contributed by atoms with van der Waals surface area (Å²) in [5, 5.41) is 13.4. The fourth-order valence-corrected chi connectivity index (χ4v) is 2.45. The van der Waals surface area contributed by atoms with Crippen molar-refractivity contribution in [3.05, 3.63) is 24.3 Å². The largest absolute Gasteiger partial charge is 0.493 e. The quantitative estimate of drug-likeness (QED) is 0.692. The van der Waals surface area contributed by atoms with Crippen LogP contribution in [0.2, 0.25) is 0 Å². The fourth-order valence-electron chi connectivity index (χ4n) is 1.21. The Morgan fingerprint density at radius 1 is 1.26 bits per heavy atom. The molecule has 0 heterocycles. The minimum Gasteiger partial charge on any atom is -0.493 e. The Bertz CT molecular complexity index is 512. The van der Waals surface area contributed by atoms with Gasteiger partial charge in [0.25, 0.3) is 0 Å². The number of carboxylic acids is 1. The van der Waals surface area contributed by atoms with Crippen LogP contribution in [0.4, 0.5) is 0 Å². The van der Waals surface area contributed by atoms with E-state index in [1.54, 1.807) is 0 Å². The molecule has 1 aromatic rings. The summed E-state index contributed by atoms with van der Waals surface area (Å²) in [4.78, 5) is 10.3. The summed E-state index contributed by atoms with van der Waals surface area (Å²) in [5.74, 6) is 0.950. The number of carboxylic acid groups (broad SMARTS) is 1. The molecule has 0 aliphatic carbocycles. The molecule has 19 heavy (non-hydrogen) atoms. The molecule has 6 nitrogen and oxygen atoms in total. The SMILES string of the molecule is NS(=O)(=O)c1ccc(OCCSCCC(=O)O)cc1. The first-order chi connectivity index (χ1) is 8.89. The summed E-state index contributed by atoms with van der Waals surface area (Å²) in [6.45, 7) is 0.430. The number of nitrogens with two attached hydrogens (primary N) is 1. The summed E-state index contributed by atoms with van der Waals surface area (Å²) in [5.41, 5.74) is 0. The van der Waals surface area contributed by atoms with Crippen molar-refractivity contribution in [2.45, 2.75) is 11.3 Å². The normalized spacial score (nSPS) is 11.2. The second-order valence-electron chi connectivity index (χ2n) is 3.62. The smallest absolute Gasteiger partial charge is 0.304 e. The van der Waals surface area contributed by atoms with Crippen molar-refractivity contribution >= 4 is 27.8 Å². The van der Waals surface area contributed by atoms with Gasteiger partial charge in [-0.15, -0.1) is 0 Å². The molecule has 0 radical (unpaired) electrons. The summed E-state index contributed by atoms with van der Waals surface area (Å²) in [6.07, 6.45) is 0.133. The molecular weight excluding hydrogens is 290 g/mol. The van der Waals surface area contributed by atoms with Gasteiger partial charge in [0.1, 0.15) is 5.75 Å². The number of sulfonamides is 1. The summed E-state index contributed by atoms with van der Waals surface area (Å²) in [6, 6.07) is 5.81. The van der Waals surface area contributed by atoms with Gasteiger partial charge in [0.05, 0.1) is 17.9 Å². The van der Waals surface area contributed by atoms with Crippen molar-refractivity contribution in [1.82, 2.24) is 0 Å². The van der Waals surface area contributed by atoms with Crippen LogP contribution in [0.5, 0.6) is 5.75 Å². The van der Waals surface area contributed by atoms with Crippen LogP contribution in [0.1, 0.15) is 6.42 Å². The number of primary sulfonamides is 1. The fraction of sp³-hybridized carbons (Fsp3) is 0.364. The monoisotopic (exact) mass is 305 g/mol. The van der Waals surface area contributed by atoms with E-state index in [9.17, 15) is 13.2 Å². The van der Waals surface area contributed by atoms with Crippen molar-refractivity contribution < 1.29 is 23.1 Å². The third-order valence-corrected chi connectivity index (χ3v) is 3.99. The number of hydrogen-bond acceptors (Lipinski definition) is 5. The van der Waals surface area contributed by atoms with Gasteiger partial charge < -0.3 is 9.84 Å². The third-order valence-electron chi connectivity index (χ3n) is 2.11. The Hall–Kier alpha value is -1.25. The van der Waals surface area contributed by atoms with Crippen LogP contribution in [0.3, 0.4) is 0 Å². The van der Waals surface area contributed by atoms with Gasteiger partial charge in [-0.05, 0) is 24.3 Å². The van der Waals surface area contributed by atoms with Crippen LogP contribution in [0, 0.1) is 0 Å². The minimum absolute atomic E-state index is 0.0377. The van der Waals surface area contributed by atoms with Crippen molar-refractivity contribution in [2.75, 3.05) is 18.1 Å². The van der Waals surface area contributed by atoms with Crippen LogP contribution in [-0.4, -0.2) is 37.6 Å². The van der Waals surface area contributed by atoms with E-state index in [1.165, 1.54) is 36.0 Å². The van der Waals surface area contributed by atoms with E-state index < -0.39 is 16.0 Å². The molecule has 0 saturated heterocycles. The predicted octanol–water partition coefficient (Wildman–Crippen LogP) is 0.921. The van der Waals surface area contributed by atoms with Crippen molar-refractivity contribution in [3.63, 3.8) is 0 Å². The molecule has 0 aliphatic heterocycles. The van der Waals surface area contributed by atoms with E-state index in [1.807, 2.05) is 0 Å². The number of aliphatic carboxylic acids is 1. The lowest BCUT2D eigenvalue weighted by Gasteiger charge is -2.06. The van der Waals surface area contributed by atoms with Crippen molar-refractivity contribution in [1.29, 1.82) is 0 Å². The maximum absolute atomic E-state index is 11.0. The number of ether oxygens (including phenoxy) is 1. The van der Waals surface area contributed by atoms with Crippen LogP contribution >= 0.6 is 11.8 Å². The zero-order chi connectivity index (χ0) is 14.3. The minimum atomic E-state index is -3.68. The number of rotatable bonds is 8. The predicted molar refractivity (Wildman–Crippen MR) is 72.9 cm³/mol. The first-order valence-electron chi connectivity index (χ1n) is 5.45. The van der Waals surface area contributed by atoms with Gasteiger partial charge in [0.15, 0.2) is 0 Å². The maximum atomic E-state index is 11.0. The van der Waals surface area contributed by atoms with Crippen LogP contribution in [0.15, 0.2) is 29.2 Å². The van der Waals surface area contributed by atoms with Gasteiger partial charge >= 0.3 is 5.97 Å². The molecule has 0 aliphatic rings. The molecule has 0 aromatic heterocycles. The van der Waals surface area contributed by atoms with Crippen LogP contribution in [0.25, 0.3) is 0 Å². The number of carbonyl (C=O) groups is 1. The molecule has 1 rings (SSSR count). The molecule has 0 fully saturated rings. The van der Waals surface area contributed by atoms with Crippen LogP contribution < -0.4 is 9.88 Å². The Morgan fingerprint density at radius 2 is 1.89 bits per heavy atom. The lowest BCUT2D eigenvalue weighted by molar-refractivity contribution is -0.136. The lowest BCUT2D eigenvalue weighted by atomic mass is 10.3. The average Bonchev–Trinajstić information content (AvgIpc) is 2.32. The third kappa shape index (κ3) is 6.46. The van der Waals surface area contributed by atoms with E-state index in [-0.39, 0.29) is 11.3 Å². The zero-order valence-electron chi connectivity index (χ0n) is 10.1. The highest BCUT2D eigenvalue weighted by molar-refractivity contribution is 7.99. The molecule has 0 bridgehead atoms. The molecule has 0 atom stereocenters. The molecule has 106 valence electrons. The molecule has 3 N–H and O–H groups in total. The van der Waals surface area contributed by atoms with E-state index in [0.29, 0.717) is 23.9 Å². The number of hydrogen-bond donors (Lipinski definition) is 2. The van der Waals surface area contributed by atoms with Gasteiger partial charge in [0, 0.05) is 11.5 Å². The van der Waals surface area contributed by atoms with Gasteiger partial charge in [-0.25, -0.2) is 13.6 Å². The standard InChI is InChI=1S/C11H15NO5S2/c12-19(15,16)10-3-1-9(2-4-10)17-6-8-18-7-5-11(13)14/h1-4H,5-8H2,(H,13,14)(H2,12,15,16). The first kappa shape index (κ1) is 15.8. The topological polar surface area (TPSA) is 107 Å². The Balaban J connectivity index is 2.29. The summed E-state index contributed by atoms with van der Waals surface area (Å²) < 4.78 is 27.4. The summed E-state index contributed by atoms with van der Waals surface area (Å²) in [7, 11) is -3.68. The van der Waals surface area contributed by atoms with Crippen molar-refractivity contribution in [2.24, 2.45) is 5.14 Å². The molecular formula is C11H15NO5S2. The molecule has 0 saturated carbocycles. The molecule has 0 unspecified atom stereocenters. The van der Waals surface area contributed by atoms with Crippen LogP contribution in [-0.2, 0) is 14.8 Å². The Morgan fingerprint density at radius 3 is 2.42 bits per heavy atom. The van der Waals surface area contributed by atoms with Gasteiger partial charge in [-0.2, -0.15) is 11.8 Å². The van der Waals surface area contributed by atoms with E-state index in [4.69, 9.17) is 15.0 Å². The van der Waals surface area contributed by atoms with Gasteiger partial charge in [0.2, 0.25) is 10.0 Å². The highest BCUT2D eigenvalue weighted by atomic mass is 32.2. The number of thioether (sulfide) groups is 1. The second kappa shape index (κ2) is 7.37. The van der Waals surface area contributed by atoms with Gasteiger partial charge in [-0.1, -0.05) is 0 Å². The molecule has 0 amide bonds. The van der Waals surface area contributed by atoms with E-state index in [2.05, 4.69) is 0 Å². The molecule has 0 spiro atoms. The Kier molecular flexibility index (Phi) is 6.13. The highest BCUT2D eigenvalue weighted by Gasteiger charge is 2.06. The van der Waals surface area contributed by atoms with E-state index in [0.717, 1.165) is 0 Å². The lowest BCUT2D eigenvalue weighted by Crippen LogP contribution is -2.11. The maximum Gasteiger partial charge on any atom is 0.304 e. The van der Waals surface area contributed by atoms with Gasteiger partial charge in [-0.3, -0.25) is 4.79 Å². The summed E-state index contributed by atoms with van der Waals surface area (Å²) >= 11 is 1.49. The number of benzene rings is 1. The Labute approximate surface area is 116 Å². The highest BCUT2D eigenvalue weighted by Crippen LogP contribution is 2.15. The van der Waals surface area contributed by atoms with E-state index >= 15 is 0 Å². The second-order valence-corrected chi connectivity index (χ2v) is 6.41.